The maximum absolute atomic E-state index is 5.58. The van der Waals surface area contributed by atoms with Gasteiger partial charge in [0, 0.05) is 23.9 Å². The Balaban J connectivity index is 1.94. The van der Waals surface area contributed by atoms with Crippen LogP contribution in [0, 0.1) is 11.8 Å². The Bertz CT molecular complexity index is 416. The van der Waals surface area contributed by atoms with Gasteiger partial charge in [0.15, 0.2) is 0 Å². The molecule has 0 aromatic heterocycles. The van der Waals surface area contributed by atoms with Crippen LogP contribution in [0.2, 0.25) is 0 Å². The molecule has 1 N–H and O–H groups in total. The van der Waals surface area contributed by atoms with E-state index in [1.165, 1.54) is 43.4 Å². The van der Waals surface area contributed by atoms with Gasteiger partial charge in [-0.1, -0.05) is 44.9 Å². The van der Waals surface area contributed by atoms with Crippen LogP contribution in [0.15, 0.2) is 24.3 Å². The molecule has 2 heteroatoms. The average molecular weight is 289 g/mol. The third kappa shape index (κ3) is 5.35. The van der Waals surface area contributed by atoms with E-state index < -0.39 is 0 Å². The molecular weight excluding hydrogens is 258 g/mol. The molecule has 2 atom stereocenters. The molecule has 0 aliphatic heterocycles. The molecule has 0 saturated heterocycles. The van der Waals surface area contributed by atoms with E-state index in [0.29, 0.717) is 12.6 Å². The number of benzene rings is 1. The fourth-order valence-corrected chi connectivity index (χ4v) is 3.52. The quantitative estimate of drug-likeness (QED) is 0.741. The first kappa shape index (κ1) is 16.4. The number of rotatable bonds is 7. The van der Waals surface area contributed by atoms with E-state index in [0.717, 1.165) is 18.4 Å². The fraction of sp³-hybridized carbons (Fsp3) is 0.684. The molecule has 1 fully saturated rings. The monoisotopic (exact) mass is 289 g/mol. The van der Waals surface area contributed by atoms with Gasteiger partial charge in [-0.15, -0.1) is 0 Å². The lowest BCUT2D eigenvalue weighted by molar-refractivity contribution is 0.134. The third-order valence-corrected chi connectivity index (χ3v) is 4.43. The van der Waals surface area contributed by atoms with Crippen molar-refractivity contribution in [2.24, 2.45) is 11.8 Å². The van der Waals surface area contributed by atoms with Crippen LogP contribution in [-0.4, -0.2) is 12.6 Å². The summed E-state index contributed by atoms with van der Waals surface area (Å²) in [6.07, 6.45) is 6.77. The van der Waals surface area contributed by atoms with Crippen molar-refractivity contribution >= 4 is 5.69 Å². The second kappa shape index (κ2) is 8.43. The second-order valence-electron chi connectivity index (χ2n) is 6.80. The van der Waals surface area contributed by atoms with E-state index in [1.54, 1.807) is 0 Å². The van der Waals surface area contributed by atoms with Crippen LogP contribution < -0.4 is 5.32 Å². The summed E-state index contributed by atoms with van der Waals surface area (Å²) in [5.41, 5.74) is 2.55. The number of hydrogen-bond acceptors (Lipinski definition) is 2. The van der Waals surface area contributed by atoms with Crippen molar-refractivity contribution < 1.29 is 4.74 Å². The fourth-order valence-electron chi connectivity index (χ4n) is 3.52. The highest BCUT2D eigenvalue weighted by atomic mass is 16.5. The van der Waals surface area contributed by atoms with Crippen LogP contribution in [0.5, 0.6) is 0 Å². The van der Waals surface area contributed by atoms with Gasteiger partial charge in [0.25, 0.3) is 0 Å². The molecule has 0 heterocycles. The number of ether oxygens (including phenoxy) is 1. The molecule has 0 spiro atoms. The van der Waals surface area contributed by atoms with Crippen molar-refractivity contribution in [3.05, 3.63) is 29.8 Å². The summed E-state index contributed by atoms with van der Waals surface area (Å²) in [5.74, 6) is 1.72. The normalized spacial score (nSPS) is 22.5. The topological polar surface area (TPSA) is 21.3 Å². The number of para-hydroxylation sites is 1. The first-order valence-electron chi connectivity index (χ1n) is 8.61. The number of hydrogen-bond donors (Lipinski definition) is 1. The molecule has 0 amide bonds. The van der Waals surface area contributed by atoms with Crippen LogP contribution in [0.3, 0.4) is 0 Å². The summed E-state index contributed by atoms with van der Waals surface area (Å²) in [6, 6.07) is 9.21. The van der Waals surface area contributed by atoms with E-state index in [1.807, 2.05) is 6.92 Å². The van der Waals surface area contributed by atoms with Gasteiger partial charge in [-0.2, -0.15) is 0 Å². The zero-order valence-corrected chi connectivity index (χ0v) is 13.9. The van der Waals surface area contributed by atoms with Crippen molar-refractivity contribution in [3.63, 3.8) is 0 Å². The Hall–Kier alpha value is -1.02. The predicted molar refractivity (Wildman–Crippen MR) is 90.6 cm³/mol. The minimum Gasteiger partial charge on any atom is -0.382 e. The molecule has 1 aliphatic rings. The molecular formula is C19H31NO. The van der Waals surface area contributed by atoms with Gasteiger partial charge in [0.05, 0.1) is 6.61 Å². The Labute approximate surface area is 130 Å². The zero-order chi connectivity index (χ0) is 15.1. The Morgan fingerprint density at radius 3 is 2.81 bits per heavy atom. The second-order valence-corrected chi connectivity index (χ2v) is 6.80. The van der Waals surface area contributed by atoms with Crippen molar-refractivity contribution in [3.8, 4) is 0 Å². The van der Waals surface area contributed by atoms with Crippen LogP contribution >= 0.6 is 0 Å². The Morgan fingerprint density at radius 2 is 2.05 bits per heavy atom. The predicted octanol–water partition coefficient (Wildman–Crippen LogP) is 5.24. The van der Waals surface area contributed by atoms with Crippen molar-refractivity contribution in [2.45, 2.75) is 65.5 Å². The Morgan fingerprint density at radius 1 is 1.24 bits per heavy atom. The summed E-state index contributed by atoms with van der Waals surface area (Å²) in [5, 5.41) is 3.78. The summed E-state index contributed by atoms with van der Waals surface area (Å²) in [4.78, 5) is 0. The smallest absolute Gasteiger partial charge is 0.0736 e. The van der Waals surface area contributed by atoms with Crippen molar-refractivity contribution in [2.75, 3.05) is 11.9 Å². The molecule has 0 radical (unpaired) electrons. The first-order valence-corrected chi connectivity index (χ1v) is 8.61. The summed E-state index contributed by atoms with van der Waals surface area (Å²) >= 11 is 0. The lowest BCUT2D eigenvalue weighted by atomic mass is 9.81. The van der Waals surface area contributed by atoms with E-state index in [9.17, 15) is 0 Å². The molecule has 21 heavy (non-hydrogen) atoms. The van der Waals surface area contributed by atoms with E-state index in [-0.39, 0.29) is 0 Å². The molecule has 1 aliphatic carbocycles. The summed E-state index contributed by atoms with van der Waals surface area (Å²) in [7, 11) is 0. The lowest BCUT2D eigenvalue weighted by Gasteiger charge is -2.32. The van der Waals surface area contributed by atoms with Gasteiger partial charge in [-0.25, -0.2) is 0 Å². The molecule has 1 aromatic carbocycles. The molecule has 118 valence electrons. The van der Waals surface area contributed by atoms with E-state index >= 15 is 0 Å². The molecule has 2 rings (SSSR count). The van der Waals surface area contributed by atoms with E-state index in [2.05, 4.69) is 43.4 Å². The highest BCUT2D eigenvalue weighted by molar-refractivity contribution is 5.51. The zero-order valence-electron chi connectivity index (χ0n) is 13.9. The maximum atomic E-state index is 5.58. The van der Waals surface area contributed by atoms with Gasteiger partial charge in [0.2, 0.25) is 0 Å². The molecule has 2 nitrogen and oxygen atoms in total. The van der Waals surface area contributed by atoms with Crippen molar-refractivity contribution in [1.29, 1.82) is 0 Å². The minimum atomic E-state index is 0.630. The number of anilines is 1. The molecule has 1 saturated carbocycles. The standard InChI is InChI=1S/C19H31NO/c1-4-21-14-17-9-5-6-11-19(17)20-18-10-7-8-16(13-18)12-15(2)3/h5-6,9,11,15-16,18,20H,4,7-8,10,12-14H2,1-3H3. The largest absolute Gasteiger partial charge is 0.382 e. The van der Waals surface area contributed by atoms with Gasteiger partial charge in [0.1, 0.15) is 0 Å². The highest BCUT2D eigenvalue weighted by Gasteiger charge is 2.22. The summed E-state index contributed by atoms with van der Waals surface area (Å²) in [6.45, 7) is 8.21. The molecule has 2 unspecified atom stereocenters. The van der Waals surface area contributed by atoms with Gasteiger partial charge in [-0.3, -0.25) is 0 Å². The van der Waals surface area contributed by atoms with Crippen molar-refractivity contribution in [1.82, 2.24) is 0 Å². The maximum Gasteiger partial charge on any atom is 0.0736 e. The van der Waals surface area contributed by atoms with Crippen LogP contribution in [-0.2, 0) is 11.3 Å². The molecule has 0 bridgehead atoms. The van der Waals surface area contributed by atoms with E-state index in [4.69, 9.17) is 4.74 Å². The van der Waals surface area contributed by atoms with Gasteiger partial charge < -0.3 is 10.1 Å². The third-order valence-electron chi connectivity index (χ3n) is 4.43. The first-order chi connectivity index (χ1) is 10.2. The summed E-state index contributed by atoms with van der Waals surface area (Å²) < 4.78 is 5.58. The van der Waals surface area contributed by atoms with Gasteiger partial charge >= 0.3 is 0 Å². The highest BCUT2D eigenvalue weighted by Crippen LogP contribution is 2.31. The SMILES string of the molecule is CCOCc1ccccc1NC1CCCC(CC(C)C)C1. The Kier molecular flexibility index (Phi) is 6.56. The average Bonchev–Trinajstić information content (AvgIpc) is 2.46. The lowest BCUT2D eigenvalue weighted by Crippen LogP contribution is -2.28. The molecule has 1 aromatic rings. The van der Waals surface area contributed by atoms with Crippen LogP contribution in [0.1, 0.15) is 58.4 Å². The van der Waals surface area contributed by atoms with Crippen LogP contribution in [0.25, 0.3) is 0 Å². The van der Waals surface area contributed by atoms with Crippen LogP contribution in [0.4, 0.5) is 5.69 Å². The van der Waals surface area contributed by atoms with Gasteiger partial charge in [-0.05, 0) is 44.1 Å². The number of nitrogens with one attached hydrogen (secondary N) is 1. The minimum absolute atomic E-state index is 0.630.